The molecule has 5 nitrogen and oxygen atoms in total. The Balaban J connectivity index is 1.42. The maximum absolute atomic E-state index is 14.0. The summed E-state index contributed by atoms with van der Waals surface area (Å²) < 4.78 is 20.0. The highest BCUT2D eigenvalue weighted by Gasteiger charge is 2.47. The van der Waals surface area contributed by atoms with Crippen LogP contribution in [0, 0.1) is 11.7 Å². The molecule has 2 saturated carbocycles. The Hall–Kier alpha value is -2.73. The molecular formula is C25H28FNO4. The normalized spacial score (nSPS) is 17.9. The summed E-state index contributed by atoms with van der Waals surface area (Å²) in [4.78, 5) is 24.1. The number of ether oxygens (including phenoxy) is 1. The molecule has 1 amide bonds. The van der Waals surface area contributed by atoms with Crippen molar-refractivity contribution in [1.29, 1.82) is 0 Å². The van der Waals surface area contributed by atoms with Gasteiger partial charge in [0.2, 0.25) is 5.91 Å². The molecule has 0 aromatic heterocycles. The van der Waals surface area contributed by atoms with Crippen LogP contribution >= 0.6 is 0 Å². The molecule has 164 valence electrons. The number of rotatable bonds is 9. The Labute approximate surface area is 181 Å². The minimum Gasteiger partial charge on any atom is -0.478 e. The van der Waals surface area contributed by atoms with Crippen molar-refractivity contribution < 1.29 is 23.8 Å². The molecule has 0 radical (unpaired) electrons. The van der Waals surface area contributed by atoms with Crippen molar-refractivity contribution in [3.8, 4) is 0 Å². The van der Waals surface area contributed by atoms with Crippen LogP contribution in [0.25, 0.3) is 0 Å². The molecule has 2 aliphatic carbocycles. The minimum absolute atomic E-state index is 0.0338. The van der Waals surface area contributed by atoms with Crippen LogP contribution < -0.4 is 5.32 Å². The summed E-state index contributed by atoms with van der Waals surface area (Å²) >= 11 is 0. The van der Waals surface area contributed by atoms with Crippen LogP contribution in [-0.4, -0.2) is 23.1 Å². The predicted octanol–water partition coefficient (Wildman–Crippen LogP) is 4.75. The number of benzene rings is 2. The van der Waals surface area contributed by atoms with Gasteiger partial charge in [0.25, 0.3) is 0 Å². The van der Waals surface area contributed by atoms with E-state index >= 15 is 0 Å². The molecule has 2 N–H and O–H groups in total. The third-order valence-electron chi connectivity index (χ3n) is 6.17. The average molecular weight is 426 g/mol. The van der Waals surface area contributed by atoms with Crippen LogP contribution in [0.2, 0.25) is 0 Å². The van der Waals surface area contributed by atoms with Crippen LogP contribution in [0.15, 0.2) is 42.5 Å². The van der Waals surface area contributed by atoms with Crippen molar-refractivity contribution in [1.82, 2.24) is 5.32 Å². The molecule has 0 bridgehead atoms. The molecule has 0 spiro atoms. The molecule has 1 unspecified atom stereocenters. The topological polar surface area (TPSA) is 75.6 Å². The number of hydrogen-bond acceptors (Lipinski definition) is 3. The third-order valence-corrected chi connectivity index (χ3v) is 6.17. The molecule has 2 fully saturated rings. The average Bonchev–Trinajstić information content (AvgIpc) is 3.65. The van der Waals surface area contributed by atoms with Gasteiger partial charge < -0.3 is 15.2 Å². The van der Waals surface area contributed by atoms with E-state index in [9.17, 15) is 14.0 Å². The Morgan fingerprint density at radius 1 is 1.16 bits per heavy atom. The number of nitrogens with one attached hydrogen (secondary N) is 1. The highest BCUT2D eigenvalue weighted by Crippen LogP contribution is 2.46. The van der Waals surface area contributed by atoms with Gasteiger partial charge in [-0.15, -0.1) is 0 Å². The van der Waals surface area contributed by atoms with E-state index in [1.54, 1.807) is 30.3 Å². The molecular weight excluding hydrogens is 397 g/mol. The predicted molar refractivity (Wildman–Crippen MR) is 114 cm³/mol. The van der Waals surface area contributed by atoms with E-state index in [0.717, 1.165) is 42.4 Å². The number of carboxylic acids is 1. The second-order valence-corrected chi connectivity index (χ2v) is 9.06. The molecule has 1 atom stereocenters. The van der Waals surface area contributed by atoms with Crippen LogP contribution in [0.3, 0.4) is 0 Å². The summed E-state index contributed by atoms with van der Waals surface area (Å²) in [5, 5.41) is 12.2. The van der Waals surface area contributed by atoms with Gasteiger partial charge in [0, 0.05) is 0 Å². The number of aromatic carboxylic acids is 1. The lowest BCUT2D eigenvalue weighted by Crippen LogP contribution is -2.44. The molecule has 2 aromatic rings. The fourth-order valence-electron chi connectivity index (χ4n) is 4.00. The zero-order chi connectivity index (χ0) is 22.2. The van der Waals surface area contributed by atoms with E-state index in [2.05, 4.69) is 5.32 Å². The van der Waals surface area contributed by atoms with Crippen LogP contribution in [-0.2, 0) is 21.7 Å². The summed E-state index contributed by atoms with van der Waals surface area (Å²) in [5.41, 5.74) is 2.28. The molecule has 2 aromatic carbocycles. The zero-order valence-electron chi connectivity index (χ0n) is 17.9. The lowest BCUT2D eigenvalue weighted by atomic mass is 10.0. The first-order chi connectivity index (χ1) is 14.8. The Morgan fingerprint density at radius 2 is 1.84 bits per heavy atom. The first-order valence-corrected chi connectivity index (χ1v) is 10.8. The van der Waals surface area contributed by atoms with E-state index in [1.807, 2.05) is 19.9 Å². The molecule has 31 heavy (non-hydrogen) atoms. The first kappa shape index (κ1) is 21.5. The van der Waals surface area contributed by atoms with Gasteiger partial charge in [-0.3, -0.25) is 4.79 Å². The molecule has 0 aliphatic heterocycles. The summed E-state index contributed by atoms with van der Waals surface area (Å²) in [7, 11) is 0. The number of halogens is 1. The summed E-state index contributed by atoms with van der Waals surface area (Å²) in [6, 6.07) is 11.7. The molecule has 0 heterocycles. The Bertz CT molecular complexity index is 978. The lowest BCUT2D eigenvalue weighted by molar-refractivity contribution is -0.137. The van der Waals surface area contributed by atoms with Crippen LogP contribution in [0.4, 0.5) is 4.39 Å². The van der Waals surface area contributed by atoms with Crippen LogP contribution in [0.5, 0.6) is 0 Å². The molecule has 4 rings (SSSR count). The van der Waals surface area contributed by atoms with Gasteiger partial charge in [0.05, 0.1) is 17.7 Å². The van der Waals surface area contributed by atoms with Gasteiger partial charge >= 0.3 is 5.97 Å². The number of carboxylic acid groups (broad SMARTS) is 1. The Morgan fingerprint density at radius 3 is 2.39 bits per heavy atom. The van der Waals surface area contributed by atoms with Gasteiger partial charge in [-0.25, -0.2) is 9.18 Å². The highest BCUT2D eigenvalue weighted by molar-refractivity contribution is 5.87. The highest BCUT2D eigenvalue weighted by atomic mass is 19.1. The van der Waals surface area contributed by atoms with Gasteiger partial charge in [-0.05, 0) is 72.4 Å². The minimum atomic E-state index is -0.973. The standard InChI is InChI=1S/C25H28FNO4/c1-15(2)22(31-14-16-3-10-21(26)20(13-16)17-4-5-17)23(28)27-25(11-12-25)19-8-6-18(7-9-19)24(29)30/h3,6-10,13,15,17,22H,4-5,11-12,14H2,1-2H3,(H,27,28)(H,29,30). The van der Waals surface area contributed by atoms with E-state index < -0.39 is 17.6 Å². The summed E-state index contributed by atoms with van der Waals surface area (Å²) in [6.45, 7) is 4.12. The van der Waals surface area contributed by atoms with Crippen molar-refractivity contribution >= 4 is 11.9 Å². The molecule has 6 heteroatoms. The number of hydrogen-bond donors (Lipinski definition) is 2. The maximum Gasteiger partial charge on any atom is 0.335 e. The van der Waals surface area contributed by atoms with Crippen LogP contribution in [0.1, 0.15) is 72.5 Å². The van der Waals surface area contributed by atoms with E-state index in [0.29, 0.717) is 5.92 Å². The quantitative estimate of drug-likeness (QED) is 0.608. The van der Waals surface area contributed by atoms with Crippen molar-refractivity contribution in [2.24, 2.45) is 5.92 Å². The largest absolute Gasteiger partial charge is 0.478 e. The fourth-order valence-corrected chi connectivity index (χ4v) is 4.00. The number of amides is 1. The van der Waals surface area contributed by atoms with Gasteiger partial charge in [-0.1, -0.05) is 38.1 Å². The number of carbonyl (C=O) groups is 2. The SMILES string of the molecule is CC(C)C(OCc1ccc(F)c(C2CC2)c1)C(=O)NC1(c2ccc(C(=O)O)cc2)CC1. The van der Waals surface area contributed by atoms with Crippen molar-refractivity contribution in [3.63, 3.8) is 0 Å². The monoisotopic (exact) mass is 425 g/mol. The second kappa shape index (κ2) is 8.42. The lowest BCUT2D eigenvalue weighted by Gasteiger charge is -2.25. The van der Waals surface area contributed by atoms with Crippen molar-refractivity contribution in [2.45, 2.75) is 63.7 Å². The van der Waals surface area contributed by atoms with Crippen molar-refractivity contribution in [2.75, 3.05) is 0 Å². The van der Waals surface area contributed by atoms with E-state index in [1.165, 1.54) is 6.07 Å². The molecule has 0 saturated heterocycles. The zero-order valence-corrected chi connectivity index (χ0v) is 17.9. The van der Waals surface area contributed by atoms with Gasteiger partial charge in [-0.2, -0.15) is 0 Å². The third kappa shape index (κ3) is 4.79. The Kier molecular flexibility index (Phi) is 5.84. The van der Waals surface area contributed by atoms with E-state index in [-0.39, 0.29) is 29.8 Å². The van der Waals surface area contributed by atoms with Gasteiger partial charge in [0.1, 0.15) is 11.9 Å². The van der Waals surface area contributed by atoms with Crippen molar-refractivity contribution in [3.05, 3.63) is 70.5 Å². The maximum atomic E-state index is 14.0. The van der Waals surface area contributed by atoms with Gasteiger partial charge in [0.15, 0.2) is 0 Å². The fraction of sp³-hybridized carbons (Fsp3) is 0.440. The number of carbonyl (C=O) groups excluding carboxylic acids is 1. The van der Waals surface area contributed by atoms with E-state index in [4.69, 9.17) is 9.84 Å². The smallest absolute Gasteiger partial charge is 0.335 e. The molecule has 2 aliphatic rings. The first-order valence-electron chi connectivity index (χ1n) is 10.8. The summed E-state index contributed by atoms with van der Waals surface area (Å²) in [5.74, 6) is -1.05. The summed E-state index contributed by atoms with van der Waals surface area (Å²) in [6.07, 6.45) is 3.02. The second-order valence-electron chi connectivity index (χ2n) is 9.06.